The Morgan fingerprint density at radius 1 is 1.73 bits per heavy atom. The van der Waals surface area contributed by atoms with Gasteiger partial charge in [0.25, 0.3) is 0 Å². The quantitative estimate of drug-likeness (QED) is 0.557. The summed E-state index contributed by atoms with van der Waals surface area (Å²) in [5.41, 5.74) is 0. The van der Waals surface area contributed by atoms with E-state index < -0.39 is 0 Å². The van der Waals surface area contributed by atoms with E-state index in [2.05, 4.69) is 10.6 Å². The lowest BCUT2D eigenvalue weighted by atomic mass is 10.1. The highest BCUT2D eigenvalue weighted by Gasteiger charge is 2.16. The van der Waals surface area contributed by atoms with E-state index in [4.69, 9.17) is 9.84 Å². The monoisotopic (exact) mass is 216 g/mol. The summed E-state index contributed by atoms with van der Waals surface area (Å²) < 4.78 is 5.25. The van der Waals surface area contributed by atoms with E-state index in [1.165, 1.54) is 0 Å². The molecule has 3 N–H and O–H groups in total. The average Bonchev–Trinajstić information content (AvgIpc) is 2.27. The van der Waals surface area contributed by atoms with Crippen LogP contribution < -0.4 is 10.6 Å². The highest BCUT2D eigenvalue weighted by molar-refractivity contribution is 5.76. The van der Waals surface area contributed by atoms with Gasteiger partial charge in [0.1, 0.15) is 0 Å². The van der Waals surface area contributed by atoms with E-state index in [-0.39, 0.29) is 24.5 Å². The maximum absolute atomic E-state index is 11.4. The summed E-state index contributed by atoms with van der Waals surface area (Å²) in [5, 5.41) is 14.8. The zero-order valence-corrected chi connectivity index (χ0v) is 9.16. The smallest absolute Gasteiger partial charge is 0.221 e. The van der Waals surface area contributed by atoms with Crippen molar-refractivity contribution in [3.8, 4) is 0 Å². The van der Waals surface area contributed by atoms with E-state index in [1.807, 2.05) is 6.92 Å². The fourth-order valence-electron chi connectivity index (χ4n) is 1.40. The van der Waals surface area contributed by atoms with Crippen LogP contribution in [0.5, 0.6) is 0 Å². The summed E-state index contributed by atoms with van der Waals surface area (Å²) >= 11 is 0. The number of aliphatic hydroxyl groups excluding tert-OH is 1. The Balaban J connectivity index is 2.11. The van der Waals surface area contributed by atoms with Crippen LogP contribution in [0.1, 0.15) is 13.3 Å². The molecule has 1 aliphatic rings. The molecule has 1 amide bonds. The largest absolute Gasteiger partial charge is 0.396 e. The van der Waals surface area contributed by atoms with Gasteiger partial charge in [0.05, 0.1) is 13.2 Å². The van der Waals surface area contributed by atoms with Gasteiger partial charge in [-0.1, -0.05) is 6.92 Å². The number of amides is 1. The number of ether oxygens (including phenoxy) is 1. The van der Waals surface area contributed by atoms with Crippen LogP contribution in [0.25, 0.3) is 0 Å². The molecule has 0 aromatic heterocycles. The van der Waals surface area contributed by atoms with Crippen molar-refractivity contribution in [3.05, 3.63) is 0 Å². The average molecular weight is 216 g/mol. The van der Waals surface area contributed by atoms with Crippen molar-refractivity contribution in [1.29, 1.82) is 0 Å². The molecule has 0 spiro atoms. The molecule has 1 saturated heterocycles. The second-order valence-corrected chi connectivity index (χ2v) is 4.02. The van der Waals surface area contributed by atoms with Gasteiger partial charge in [0.15, 0.2) is 0 Å². The molecule has 5 nitrogen and oxygen atoms in total. The van der Waals surface area contributed by atoms with Crippen molar-refractivity contribution in [2.75, 3.05) is 32.9 Å². The van der Waals surface area contributed by atoms with Gasteiger partial charge < -0.3 is 20.5 Å². The first-order valence-corrected chi connectivity index (χ1v) is 5.41. The third-order valence-electron chi connectivity index (χ3n) is 2.39. The third kappa shape index (κ3) is 5.11. The Kier molecular flexibility index (Phi) is 5.60. The number of carbonyl (C=O) groups is 1. The number of aliphatic hydroxyl groups is 1. The number of carbonyl (C=O) groups excluding carboxylic acids is 1. The zero-order valence-electron chi connectivity index (χ0n) is 9.16. The van der Waals surface area contributed by atoms with Crippen LogP contribution in [0.3, 0.4) is 0 Å². The fraction of sp³-hybridized carbons (Fsp3) is 0.900. The molecule has 1 aliphatic heterocycles. The van der Waals surface area contributed by atoms with Gasteiger partial charge >= 0.3 is 0 Å². The summed E-state index contributed by atoms with van der Waals surface area (Å²) in [4.78, 5) is 11.4. The molecule has 0 radical (unpaired) electrons. The molecule has 0 aromatic rings. The Labute approximate surface area is 90.2 Å². The van der Waals surface area contributed by atoms with Gasteiger partial charge in [-0.05, 0) is 5.92 Å². The van der Waals surface area contributed by atoms with Crippen LogP contribution in [-0.4, -0.2) is 50.0 Å². The standard InChI is InChI=1S/C10H20N2O3/c1-8(6-13)5-12-10(14)4-9-7-15-3-2-11-9/h8-9,11,13H,2-7H2,1H3,(H,12,14). The Hall–Kier alpha value is -0.650. The van der Waals surface area contributed by atoms with Gasteiger partial charge in [0, 0.05) is 32.2 Å². The van der Waals surface area contributed by atoms with Crippen LogP contribution in [0.2, 0.25) is 0 Å². The maximum Gasteiger partial charge on any atom is 0.221 e. The molecule has 1 rings (SSSR count). The van der Waals surface area contributed by atoms with Gasteiger partial charge in [-0.25, -0.2) is 0 Å². The number of rotatable bonds is 5. The summed E-state index contributed by atoms with van der Waals surface area (Å²) in [6.07, 6.45) is 0.443. The lowest BCUT2D eigenvalue weighted by Gasteiger charge is -2.23. The molecule has 1 fully saturated rings. The minimum atomic E-state index is 0.0123. The SMILES string of the molecule is CC(CO)CNC(=O)CC1COCCN1. The van der Waals surface area contributed by atoms with Gasteiger partial charge in [-0.15, -0.1) is 0 Å². The van der Waals surface area contributed by atoms with Crippen molar-refractivity contribution in [3.63, 3.8) is 0 Å². The molecule has 5 heteroatoms. The van der Waals surface area contributed by atoms with Crippen molar-refractivity contribution < 1.29 is 14.6 Å². The van der Waals surface area contributed by atoms with Crippen molar-refractivity contribution in [2.45, 2.75) is 19.4 Å². The van der Waals surface area contributed by atoms with Gasteiger partial charge in [0.2, 0.25) is 5.91 Å². The zero-order chi connectivity index (χ0) is 11.1. The minimum Gasteiger partial charge on any atom is -0.396 e. The first-order valence-electron chi connectivity index (χ1n) is 5.41. The van der Waals surface area contributed by atoms with Crippen molar-refractivity contribution >= 4 is 5.91 Å². The highest BCUT2D eigenvalue weighted by atomic mass is 16.5. The van der Waals surface area contributed by atoms with E-state index in [9.17, 15) is 4.79 Å². The summed E-state index contributed by atoms with van der Waals surface area (Å²) in [6.45, 7) is 4.66. The van der Waals surface area contributed by atoms with Gasteiger partial charge in [-0.2, -0.15) is 0 Å². The molecule has 2 atom stereocenters. The van der Waals surface area contributed by atoms with E-state index in [0.717, 1.165) is 13.2 Å². The number of hydrogen-bond donors (Lipinski definition) is 3. The molecule has 2 unspecified atom stereocenters. The van der Waals surface area contributed by atoms with E-state index in [1.54, 1.807) is 0 Å². The van der Waals surface area contributed by atoms with Crippen molar-refractivity contribution in [2.24, 2.45) is 5.92 Å². The summed E-state index contributed by atoms with van der Waals surface area (Å²) in [5.74, 6) is 0.128. The molecular formula is C10H20N2O3. The fourth-order valence-corrected chi connectivity index (χ4v) is 1.40. The van der Waals surface area contributed by atoms with Crippen LogP contribution in [-0.2, 0) is 9.53 Å². The molecule has 0 aliphatic carbocycles. The van der Waals surface area contributed by atoms with Crippen LogP contribution in [0.15, 0.2) is 0 Å². The molecule has 0 bridgehead atoms. The first-order chi connectivity index (χ1) is 7.22. The topological polar surface area (TPSA) is 70.6 Å². The number of morpholine rings is 1. The number of nitrogens with one attached hydrogen (secondary N) is 2. The van der Waals surface area contributed by atoms with Gasteiger partial charge in [-0.3, -0.25) is 4.79 Å². The molecule has 0 saturated carbocycles. The normalized spacial score (nSPS) is 23.5. The predicted octanol–water partition coefficient (Wildman–Crippen LogP) is -0.890. The predicted molar refractivity (Wildman–Crippen MR) is 56.5 cm³/mol. The summed E-state index contributed by atoms with van der Waals surface area (Å²) in [7, 11) is 0. The van der Waals surface area contributed by atoms with Crippen LogP contribution >= 0.6 is 0 Å². The Bertz CT molecular complexity index is 193. The highest BCUT2D eigenvalue weighted by Crippen LogP contribution is 1.98. The molecular weight excluding hydrogens is 196 g/mol. The summed E-state index contributed by atoms with van der Waals surface area (Å²) in [6, 6.07) is 0.128. The first kappa shape index (κ1) is 12.4. The second kappa shape index (κ2) is 6.76. The van der Waals surface area contributed by atoms with Crippen LogP contribution in [0, 0.1) is 5.92 Å². The molecule has 0 aromatic carbocycles. The second-order valence-electron chi connectivity index (χ2n) is 4.02. The molecule has 1 heterocycles. The minimum absolute atomic E-state index is 0.0123. The Morgan fingerprint density at radius 3 is 3.13 bits per heavy atom. The van der Waals surface area contributed by atoms with E-state index in [0.29, 0.717) is 19.6 Å². The molecule has 15 heavy (non-hydrogen) atoms. The lowest BCUT2D eigenvalue weighted by Crippen LogP contribution is -2.44. The van der Waals surface area contributed by atoms with E-state index >= 15 is 0 Å². The van der Waals surface area contributed by atoms with Crippen molar-refractivity contribution in [1.82, 2.24) is 10.6 Å². The van der Waals surface area contributed by atoms with Crippen LogP contribution in [0.4, 0.5) is 0 Å². The number of hydrogen-bond acceptors (Lipinski definition) is 4. The third-order valence-corrected chi connectivity index (χ3v) is 2.39. The molecule has 88 valence electrons. The Morgan fingerprint density at radius 2 is 2.53 bits per heavy atom. The maximum atomic E-state index is 11.4. The lowest BCUT2D eigenvalue weighted by molar-refractivity contribution is -0.122.